The molecule has 2 fully saturated rings. The first-order valence-electron chi connectivity index (χ1n) is 8.45. The normalized spacial score (nSPS) is 16.7. The van der Waals surface area contributed by atoms with Gasteiger partial charge in [-0.05, 0) is 55.3 Å². The number of carbonyl (C=O) groups is 2. The van der Waals surface area contributed by atoms with Crippen molar-refractivity contribution in [3.8, 4) is 0 Å². The molecule has 1 heterocycles. The Balaban J connectivity index is 1.50. The zero-order valence-corrected chi connectivity index (χ0v) is 14.2. The predicted octanol–water partition coefficient (Wildman–Crippen LogP) is 3.90. The molecule has 2 amide bonds. The monoisotopic (exact) mass is 340 g/mol. The molecule has 2 saturated carbocycles. The van der Waals surface area contributed by atoms with Gasteiger partial charge in [0.1, 0.15) is 0 Å². The van der Waals surface area contributed by atoms with E-state index in [1.54, 1.807) is 17.4 Å². The quantitative estimate of drug-likeness (QED) is 0.867. The Labute approximate surface area is 145 Å². The minimum Gasteiger partial charge on any atom is -0.331 e. The van der Waals surface area contributed by atoms with Gasteiger partial charge in [0.25, 0.3) is 5.91 Å². The number of nitrogens with one attached hydrogen (secondary N) is 1. The van der Waals surface area contributed by atoms with Gasteiger partial charge in [0.05, 0.1) is 6.54 Å². The Hall–Kier alpha value is -2.14. The molecule has 1 aromatic carbocycles. The van der Waals surface area contributed by atoms with Crippen LogP contribution in [0.15, 0.2) is 41.8 Å². The van der Waals surface area contributed by atoms with E-state index >= 15 is 0 Å². The lowest BCUT2D eigenvalue weighted by Crippen LogP contribution is -2.32. The summed E-state index contributed by atoms with van der Waals surface area (Å²) in [7, 11) is 0. The van der Waals surface area contributed by atoms with Gasteiger partial charge < -0.3 is 10.2 Å². The molecule has 0 atom stereocenters. The predicted molar refractivity (Wildman–Crippen MR) is 95.0 cm³/mol. The lowest BCUT2D eigenvalue weighted by atomic mass is 10.1. The number of carbonyl (C=O) groups excluding carboxylic acids is 2. The van der Waals surface area contributed by atoms with E-state index < -0.39 is 0 Å². The second kappa shape index (κ2) is 6.40. The van der Waals surface area contributed by atoms with E-state index in [1.165, 1.54) is 4.88 Å². The second-order valence-corrected chi connectivity index (χ2v) is 7.62. The Morgan fingerprint density at radius 1 is 1.12 bits per heavy atom. The molecule has 124 valence electrons. The number of hydrogen-bond donors (Lipinski definition) is 1. The van der Waals surface area contributed by atoms with Gasteiger partial charge in [0, 0.05) is 28.1 Å². The van der Waals surface area contributed by atoms with Crippen LogP contribution in [0.25, 0.3) is 0 Å². The van der Waals surface area contributed by atoms with Crippen molar-refractivity contribution < 1.29 is 9.59 Å². The highest BCUT2D eigenvalue weighted by Gasteiger charge is 2.33. The van der Waals surface area contributed by atoms with E-state index in [4.69, 9.17) is 0 Å². The number of nitrogens with zero attached hydrogens (tertiary/aromatic N) is 1. The standard InChI is InChI=1S/C19H20N2O2S/c22-18(13-6-7-13)20-15-4-1-3-14(11-15)19(23)21(16-8-9-16)12-17-5-2-10-24-17/h1-5,10-11,13,16H,6-9,12H2,(H,20,22). The highest BCUT2D eigenvalue weighted by Crippen LogP contribution is 2.32. The molecule has 2 aliphatic rings. The maximum atomic E-state index is 13.0. The zero-order valence-electron chi connectivity index (χ0n) is 13.4. The number of rotatable bonds is 6. The summed E-state index contributed by atoms with van der Waals surface area (Å²) in [5.41, 5.74) is 1.36. The van der Waals surface area contributed by atoms with Crippen LogP contribution in [0.3, 0.4) is 0 Å². The number of amides is 2. The third kappa shape index (κ3) is 3.51. The Morgan fingerprint density at radius 2 is 1.96 bits per heavy atom. The van der Waals surface area contributed by atoms with Gasteiger partial charge in [-0.15, -0.1) is 11.3 Å². The van der Waals surface area contributed by atoms with Gasteiger partial charge >= 0.3 is 0 Å². The molecule has 5 heteroatoms. The summed E-state index contributed by atoms with van der Waals surface area (Å²) >= 11 is 1.68. The van der Waals surface area contributed by atoms with Gasteiger partial charge in [0.2, 0.25) is 5.91 Å². The summed E-state index contributed by atoms with van der Waals surface area (Å²) in [5, 5.41) is 4.96. The molecule has 4 rings (SSSR count). The fourth-order valence-corrected chi connectivity index (χ4v) is 3.51. The van der Waals surface area contributed by atoms with Crippen LogP contribution >= 0.6 is 11.3 Å². The first kappa shape index (κ1) is 15.4. The van der Waals surface area contributed by atoms with Crippen molar-refractivity contribution in [2.75, 3.05) is 5.32 Å². The van der Waals surface area contributed by atoms with Gasteiger partial charge in [-0.3, -0.25) is 9.59 Å². The zero-order chi connectivity index (χ0) is 16.5. The minimum atomic E-state index is 0.0495. The SMILES string of the molecule is O=C(Nc1cccc(C(=O)N(Cc2cccs2)C2CC2)c1)C1CC1. The van der Waals surface area contributed by atoms with Crippen molar-refractivity contribution in [3.63, 3.8) is 0 Å². The van der Waals surface area contributed by atoms with Crippen molar-refractivity contribution >= 4 is 28.8 Å². The molecule has 1 N–H and O–H groups in total. The minimum absolute atomic E-state index is 0.0495. The van der Waals surface area contributed by atoms with Crippen molar-refractivity contribution in [1.82, 2.24) is 4.90 Å². The second-order valence-electron chi connectivity index (χ2n) is 6.59. The van der Waals surface area contributed by atoms with Crippen LogP contribution < -0.4 is 5.32 Å². The van der Waals surface area contributed by atoms with Crippen LogP contribution in [0.1, 0.15) is 40.9 Å². The summed E-state index contributed by atoms with van der Waals surface area (Å²) in [6, 6.07) is 11.8. The highest BCUT2D eigenvalue weighted by atomic mass is 32.1. The lowest BCUT2D eigenvalue weighted by molar-refractivity contribution is -0.117. The third-order valence-electron chi connectivity index (χ3n) is 4.48. The molecule has 0 spiro atoms. The molecular weight excluding hydrogens is 320 g/mol. The Morgan fingerprint density at radius 3 is 2.62 bits per heavy atom. The fourth-order valence-electron chi connectivity index (χ4n) is 2.81. The van der Waals surface area contributed by atoms with Crippen LogP contribution in [0.4, 0.5) is 5.69 Å². The summed E-state index contributed by atoms with van der Waals surface area (Å²) in [6.45, 7) is 0.666. The smallest absolute Gasteiger partial charge is 0.254 e. The van der Waals surface area contributed by atoms with Crippen molar-refractivity contribution in [1.29, 1.82) is 0 Å². The summed E-state index contributed by atoms with van der Waals surface area (Å²) in [6.07, 6.45) is 4.10. The van der Waals surface area contributed by atoms with E-state index in [0.717, 1.165) is 25.7 Å². The number of benzene rings is 1. The molecule has 2 aliphatic carbocycles. The van der Waals surface area contributed by atoms with Gasteiger partial charge in [-0.2, -0.15) is 0 Å². The molecule has 4 nitrogen and oxygen atoms in total. The summed E-state index contributed by atoms with van der Waals surface area (Å²) in [4.78, 5) is 28.0. The number of thiophene rings is 1. The lowest BCUT2D eigenvalue weighted by Gasteiger charge is -2.22. The molecule has 0 bridgehead atoms. The first-order chi connectivity index (χ1) is 11.7. The topological polar surface area (TPSA) is 49.4 Å². The first-order valence-corrected chi connectivity index (χ1v) is 9.33. The van der Waals surface area contributed by atoms with E-state index in [2.05, 4.69) is 11.4 Å². The average molecular weight is 340 g/mol. The van der Waals surface area contributed by atoms with E-state index in [0.29, 0.717) is 23.8 Å². The molecule has 0 unspecified atom stereocenters. The van der Waals surface area contributed by atoms with Crippen molar-refractivity contribution in [2.24, 2.45) is 5.92 Å². The van der Waals surface area contributed by atoms with E-state index in [1.807, 2.05) is 34.5 Å². The van der Waals surface area contributed by atoms with Crippen LogP contribution in [0.5, 0.6) is 0 Å². The maximum absolute atomic E-state index is 13.0. The van der Waals surface area contributed by atoms with Gasteiger partial charge in [-0.25, -0.2) is 0 Å². The largest absolute Gasteiger partial charge is 0.331 e. The van der Waals surface area contributed by atoms with Crippen LogP contribution in [-0.2, 0) is 11.3 Å². The molecule has 0 radical (unpaired) electrons. The Bertz CT molecular complexity index is 748. The van der Waals surface area contributed by atoms with Crippen LogP contribution in [0, 0.1) is 5.92 Å². The molecule has 2 aromatic rings. The fraction of sp³-hybridized carbons (Fsp3) is 0.368. The highest BCUT2D eigenvalue weighted by molar-refractivity contribution is 7.09. The molecule has 24 heavy (non-hydrogen) atoms. The number of anilines is 1. The van der Waals surface area contributed by atoms with Gasteiger partial charge in [0.15, 0.2) is 0 Å². The summed E-state index contributed by atoms with van der Waals surface area (Å²) in [5.74, 6) is 0.275. The molecule has 0 aliphatic heterocycles. The maximum Gasteiger partial charge on any atom is 0.254 e. The molecule has 1 aromatic heterocycles. The molecule has 0 saturated heterocycles. The van der Waals surface area contributed by atoms with Crippen LogP contribution in [0.2, 0.25) is 0 Å². The Kier molecular flexibility index (Phi) is 4.10. The van der Waals surface area contributed by atoms with Crippen molar-refractivity contribution in [3.05, 3.63) is 52.2 Å². The van der Waals surface area contributed by atoms with E-state index in [-0.39, 0.29) is 17.7 Å². The third-order valence-corrected chi connectivity index (χ3v) is 5.34. The average Bonchev–Trinajstić information content (AvgIpc) is 3.51. The molecular formula is C19H20N2O2S. The van der Waals surface area contributed by atoms with Crippen molar-refractivity contribution in [2.45, 2.75) is 38.3 Å². The van der Waals surface area contributed by atoms with E-state index in [9.17, 15) is 9.59 Å². The summed E-state index contributed by atoms with van der Waals surface area (Å²) < 4.78 is 0. The van der Waals surface area contributed by atoms with Gasteiger partial charge in [-0.1, -0.05) is 12.1 Å². The van der Waals surface area contributed by atoms with Crippen LogP contribution in [-0.4, -0.2) is 22.8 Å². The number of hydrogen-bond acceptors (Lipinski definition) is 3.